The summed E-state index contributed by atoms with van der Waals surface area (Å²) in [6, 6.07) is 27.6. The summed E-state index contributed by atoms with van der Waals surface area (Å²) < 4.78 is 18.0. The number of benzene rings is 3. The Hall–Kier alpha value is -4.30. The monoisotopic (exact) mass is 523 g/mol. The quantitative estimate of drug-likeness (QED) is 0.259. The number of anilines is 1. The number of rotatable bonds is 4. The van der Waals surface area contributed by atoms with Crippen LogP contribution in [0, 0.1) is 12.7 Å². The van der Waals surface area contributed by atoms with Crippen LogP contribution in [-0.2, 0) is 6.54 Å². The first-order chi connectivity index (χ1) is 18.5. The van der Waals surface area contributed by atoms with Gasteiger partial charge in [-0.15, -0.1) is 11.8 Å². The van der Waals surface area contributed by atoms with Gasteiger partial charge in [-0.25, -0.2) is 13.9 Å². The number of aryl methyl sites for hydroxylation is 1. The van der Waals surface area contributed by atoms with Crippen molar-refractivity contribution in [3.05, 3.63) is 126 Å². The number of nitrogens with zero attached hydrogens (tertiary/aromatic N) is 4. The molecular weight excluding hydrogens is 497 g/mol. The van der Waals surface area contributed by atoms with Gasteiger partial charge in [0.2, 0.25) is 0 Å². The third-order valence-electron chi connectivity index (χ3n) is 6.86. The van der Waals surface area contributed by atoms with Gasteiger partial charge in [-0.1, -0.05) is 36.4 Å². The van der Waals surface area contributed by atoms with Crippen molar-refractivity contribution in [2.24, 2.45) is 0 Å². The average molecular weight is 524 g/mol. The summed E-state index contributed by atoms with van der Waals surface area (Å²) in [5.74, 6) is 0.500. The number of carbonyl (C=O) groups is 1. The molecule has 0 radical (unpaired) electrons. The molecule has 1 N–H and O–H groups in total. The Morgan fingerprint density at radius 2 is 1.79 bits per heavy atom. The molecule has 1 aliphatic heterocycles. The number of para-hydroxylation sites is 1. The Morgan fingerprint density at radius 1 is 1.00 bits per heavy atom. The molecule has 5 aromatic rings. The molecule has 38 heavy (non-hydrogen) atoms. The predicted octanol–water partition coefficient (Wildman–Crippen LogP) is 6.97. The fourth-order valence-electron chi connectivity index (χ4n) is 5.05. The largest absolute Gasteiger partial charge is 0.322 e. The fourth-order valence-corrected chi connectivity index (χ4v) is 5.46. The Balaban J connectivity index is 1.53. The summed E-state index contributed by atoms with van der Waals surface area (Å²) in [4.78, 5) is 16.9. The van der Waals surface area contributed by atoms with Gasteiger partial charge in [-0.2, -0.15) is 5.10 Å². The van der Waals surface area contributed by atoms with Crippen molar-refractivity contribution < 1.29 is 9.18 Å². The lowest BCUT2D eigenvalue weighted by molar-refractivity contribution is 0.194. The van der Waals surface area contributed by atoms with E-state index < -0.39 is 5.82 Å². The summed E-state index contributed by atoms with van der Waals surface area (Å²) in [6.07, 6.45) is 4.06. The second-order valence-electron chi connectivity index (χ2n) is 9.18. The van der Waals surface area contributed by atoms with E-state index >= 15 is 0 Å². The highest BCUT2D eigenvalue weighted by atomic mass is 32.2. The molecule has 1 aliphatic rings. The normalized spacial score (nSPS) is 14.5. The van der Waals surface area contributed by atoms with E-state index in [2.05, 4.69) is 34.1 Å². The molecule has 0 spiro atoms. The molecule has 0 saturated heterocycles. The number of aromatic nitrogens is 3. The number of amides is 2. The lowest BCUT2D eigenvalue weighted by Gasteiger charge is -2.31. The van der Waals surface area contributed by atoms with Gasteiger partial charge in [0.15, 0.2) is 0 Å². The van der Waals surface area contributed by atoms with Crippen LogP contribution >= 0.6 is 11.8 Å². The minimum atomic E-state index is -0.404. The maximum atomic E-state index is 13.9. The Morgan fingerprint density at radius 3 is 2.53 bits per heavy atom. The zero-order valence-corrected chi connectivity index (χ0v) is 21.8. The minimum Gasteiger partial charge on any atom is -0.308 e. The molecule has 2 amide bonds. The number of halogens is 1. The number of hydrogen-bond donors (Lipinski definition) is 1. The molecular formula is C30H26FN5OS. The molecule has 6 nitrogen and oxygen atoms in total. The molecule has 8 heteroatoms. The van der Waals surface area contributed by atoms with Crippen molar-refractivity contribution in [2.45, 2.75) is 24.4 Å². The fraction of sp³-hybridized carbons (Fsp3) is 0.133. The summed E-state index contributed by atoms with van der Waals surface area (Å²) in [5, 5.41) is 7.80. The first-order valence-electron chi connectivity index (χ1n) is 12.3. The second kappa shape index (κ2) is 9.87. The van der Waals surface area contributed by atoms with Gasteiger partial charge in [-0.05, 0) is 73.3 Å². The molecule has 1 unspecified atom stereocenters. The van der Waals surface area contributed by atoms with Crippen LogP contribution in [0.5, 0.6) is 0 Å². The van der Waals surface area contributed by atoms with E-state index in [0.29, 0.717) is 12.2 Å². The van der Waals surface area contributed by atoms with Crippen molar-refractivity contribution >= 4 is 23.5 Å². The predicted molar refractivity (Wildman–Crippen MR) is 149 cm³/mol. The summed E-state index contributed by atoms with van der Waals surface area (Å²) >= 11 is 1.67. The van der Waals surface area contributed by atoms with E-state index in [1.165, 1.54) is 12.1 Å². The van der Waals surface area contributed by atoms with Crippen molar-refractivity contribution in [3.63, 3.8) is 0 Å². The van der Waals surface area contributed by atoms with Crippen LogP contribution < -0.4 is 5.32 Å². The number of hydrogen-bond acceptors (Lipinski definition) is 3. The third-order valence-corrected chi connectivity index (χ3v) is 7.60. The smallest absolute Gasteiger partial charge is 0.308 e. The minimum absolute atomic E-state index is 0.318. The second-order valence-corrected chi connectivity index (χ2v) is 10.1. The van der Waals surface area contributed by atoms with E-state index in [9.17, 15) is 9.18 Å². The summed E-state index contributed by atoms with van der Waals surface area (Å²) in [7, 11) is 0. The first kappa shape index (κ1) is 24.1. The van der Waals surface area contributed by atoms with Gasteiger partial charge >= 0.3 is 6.03 Å². The molecule has 0 aliphatic carbocycles. The molecule has 3 heterocycles. The van der Waals surface area contributed by atoms with E-state index in [-0.39, 0.29) is 12.1 Å². The SMILES string of the molecule is CSc1ccc(C2c3cccn3-c3c(c(C)nn3-c3ccccc3)CN2C(=O)Nc2cccc(F)c2)cc1. The van der Waals surface area contributed by atoms with E-state index in [0.717, 1.165) is 38.9 Å². The van der Waals surface area contributed by atoms with Gasteiger partial charge in [0.05, 0.1) is 29.7 Å². The van der Waals surface area contributed by atoms with E-state index in [4.69, 9.17) is 5.10 Å². The zero-order chi connectivity index (χ0) is 26.2. The van der Waals surface area contributed by atoms with E-state index in [1.54, 1.807) is 28.8 Å². The third kappa shape index (κ3) is 4.26. The first-order valence-corrected chi connectivity index (χ1v) is 13.5. The van der Waals surface area contributed by atoms with Crippen LogP contribution in [0.25, 0.3) is 11.5 Å². The van der Waals surface area contributed by atoms with Gasteiger partial charge in [0.25, 0.3) is 0 Å². The molecule has 0 fully saturated rings. The summed E-state index contributed by atoms with van der Waals surface area (Å²) in [5.41, 5.74) is 5.05. The molecule has 0 saturated carbocycles. The number of fused-ring (bicyclic) bond motifs is 3. The van der Waals surface area contributed by atoms with Gasteiger partial charge in [0.1, 0.15) is 11.6 Å². The Bertz CT molecular complexity index is 1610. The lowest BCUT2D eigenvalue weighted by atomic mass is 10.0. The topological polar surface area (TPSA) is 55.1 Å². The Kier molecular flexibility index (Phi) is 6.25. The van der Waals surface area contributed by atoms with Crippen LogP contribution in [0.2, 0.25) is 0 Å². The number of nitrogens with one attached hydrogen (secondary N) is 1. The van der Waals surface area contributed by atoms with Crippen LogP contribution in [-0.4, -0.2) is 31.5 Å². The number of urea groups is 1. The zero-order valence-electron chi connectivity index (χ0n) is 21.0. The standard InChI is InChI=1S/C30H26FN5OS/c1-20-26-19-35(30(37)32-23-9-6-8-22(31)18-23)28(21-13-15-25(38-2)16-14-21)27-12-7-17-34(27)29(26)36(33-20)24-10-4-3-5-11-24/h3-18,28H,19H2,1-2H3,(H,32,37). The summed E-state index contributed by atoms with van der Waals surface area (Å²) in [6.45, 7) is 2.30. The highest BCUT2D eigenvalue weighted by Gasteiger charge is 2.36. The van der Waals surface area contributed by atoms with Crippen molar-refractivity contribution in [3.8, 4) is 11.5 Å². The van der Waals surface area contributed by atoms with Crippen molar-refractivity contribution in [2.75, 3.05) is 11.6 Å². The van der Waals surface area contributed by atoms with Crippen molar-refractivity contribution in [1.29, 1.82) is 0 Å². The lowest BCUT2D eigenvalue weighted by Crippen LogP contribution is -2.38. The average Bonchev–Trinajstić information content (AvgIpc) is 3.49. The van der Waals surface area contributed by atoms with Gasteiger partial charge < -0.3 is 14.8 Å². The van der Waals surface area contributed by atoms with Crippen LogP contribution in [0.4, 0.5) is 14.9 Å². The number of thioether (sulfide) groups is 1. The van der Waals surface area contributed by atoms with Gasteiger partial charge in [-0.3, -0.25) is 0 Å². The molecule has 3 aromatic carbocycles. The van der Waals surface area contributed by atoms with Crippen LogP contribution in [0.3, 0.4) is 0 Å². The van der Waals surface area contributed by atoms with Crippen molar-refractivity contribution in [1.82, 2.24) is 19.2 Å². The van der Waals surface area contributed by atoms with Gasteiger partial charge in [0, 0.05) is 22.3 Å². The molecule has 6 rings (SSSR count). The molecule has 2 aromatic heterocycles. The molecule has 1 atom stereocenters. The van der Waals surface area contributed by atoms with Crippen LogP contribution in [0.1, 0.15) is 28.6 Å². The van der Waals surface area contributed by atoms with Crippen LogP contribution in [0.15, 0.2) is 102 Å². The number of carbonyl (C=O) groups excluding carboxylic acids is 1. The maximum Gasteiger partial charge on any atom is 0.322 e. The highest BCUT2D eigenvalue weighted by molar-refractivity contribution is 7.98. The van der Waals surface area contributed by atoms with E-state index in [1.807, 2.05) is 66.5 Å². The maximum absolute atomic E-state index is 13.9. The molecule has 190 valence electrons. The Labute approximate surface area is 224 Å². The molecule has 0 bridgehead atoms. The highest BCUT2D eigenvalue weighted by Crippen LogP contribution is 2.39.